The van der Waals surface area contributed by atoms with Crippen LogP contribution in [0, 0.1) is 0 Å². The van der Waals surface area contributed by atoms with Crippen molar-refractivity contribution >= 4 is 16.3 Å². The zero-order valence-electron chi connectivity index (χ0n) is 12.7. The van der Waals surface area contributed by atoms with Crippen molar-refractivity contribution in [3.05, 3.63) is 29.8 Å². The lowest BCUT2D eigenvalue weighted by Crippen LogP contribution is -2.44. The molecule has 116 valence electrons. The summed E-state index contributed by atoms with van der Waals surface area (Å²) in [5.41, 5.74) is 1.14. The molecule has 0 aliphatic carbocycles. The van der Waals surface area contributed by atoms with Crippen LogP contribution in [-0.2, 0) is 14.8 Å². The highest BCUT2D eigenvalue weighted by Gasteiger charge is 2.33. The Labute approximate surface area is 127 Å². The molecule has 0 radical (unpaired) electrons. The molecule has 1 saturated heterocycles. The fraction of sp³-hybridized carbons (Fsp3) is 0.562. The number of hydrogen-bond acceptors (Lipinski definition) is 3. The third-order valence-electron chi connectivity index (χ3n) is 4.32. The van der Waals surface area contributed by atoms with Crippen molar-refractivity contribution in [2.75, 3.05) is 6.54 Å². The van der Waals surface area contributed by atoms with E-state index in [0.717, 1.165) is 31.1 Å². The number of hydrogen-bond donors (Lipinski definition) is 0. The fourth-order valence-electron chi connectivity index (χ4n) is 2.70. The summed E-state index contributed by atoms with van der Waals surface area (Å²) in [6.07, 6.45) is 4.11. The summed E-state index contributed by atoms with van der Waals surface area (Å²) >= 11 is 0. The smallest absolute Gasteiger partial charge is 0.243 e. The van der Waals surface area contributed by atoms with E-state index in [1.165, 1.54) is 4.31 Å². The minimum absolute atomic E-state index is 0.281. The summed E-state index contributed by atoms with van der Waals surface area (Å²) in [6, 6.07) is 6.56. The second-order valence-electron chi connectivity index (χ2n) is 5.69. The highest BCUT2D eigenvalue weighted by molar-refractivity contribution is 7.89. The molecule has 0 spiro atoms. The first-order valence-corrected chi connectivity index (χ1v) is 9.01. The molecule has 2 unspecified atom stereocenters. The average Bonchev–Trinajstić information content (AvgIpc) is 2.54. The van der Waals surface area contributed by atoms with Gasteiger partial charge in [-0.1, -0.05) is 32.4 Å². The molecule has 0 bridgehead atoms. The van der Waals surface area contributed by atoms with Crippen molar-refractivity contribution in [3.63, 3.8) is 0 Å². The molecule has 21 heavy (non-hydrogen) atoms. The molecule has 1 aliphatic heterocycles. The van der Waals surface area contributed by atoms with Crippen molar-refractivity contribution in [2.45, 2.75) is 56.4 Å². The van der Waals surface area contributed by atoms with Crippen LogP contribution in [0.4, 0.5) is 0 Å². The van der Waals surface area contributed by atoms with E-state index in [4.69, 9.17) is 0 Å². The molecular formula is C16H23NO3S. The summed E-state index contributed by atoms with van der Waals surface area (Å²) in [4.78, 5) is 11.4. The molecule has 2 rings (SSSR count). The lowest BCUT2D eigenvalue weighted by Gasteiger charge is -2.31. The number of sulfonamides is 1. The molecule has 1 heterocycles. The lowest BCUT2D eigenvalue weighted by atomic mass is 9.99. The number of carbonyl (C=O) groups is 1. The van der Waals surface area contributed by atoms with Gasteiger partial charge in [0.05, 0.1) is 10.9 Å². The highest BCUT2D eigenvalue weighted by Crippen LogP contribution is 2.26. The van der Waals surface area contributed by atoms with Gasteiger partial charge in [-0.3, -0.25) is 0 Å². The van der Waals surface area contributed by atoms with E-state index < -0.39 is 16.1 Å². The van der Waals surface area contributed by atoms with Gasteiger partial charge in [0.25, 0.3) is 0 Å². The number of carbonyl (C=O) groups excluding carboxylic acids is 1. The summed E-state index contributed by atoms with van der Waals surface area (Å²) < 4.78 is 26.7. The highest BCUT2D eigenvalue weighted by atomic mass is 32.2. The van der Waals surface area contributed by atoms with Crippen LogP contribution >= 0.6 is 0 Å². The van der Waals surface area contributed by atoms with Gasteiger partial charge in [0, 0.05) is 6.54 Å². The topological polar surface area (TPSA) is 54.5 Å². The SMILES string of the molecule is CCC(C)c1ccc(S(=O)(=O)N2CCCCC2C=O)cc1. The molecule has 1 aromatic rings. The molecule has 0 saturated carbocycles. The second kappa shape index (κ2) is 6.71. The fourth-order valence-corrected chi connectivity index (χ4v) is 4.34. The summed E-state index contributed by atoms with van der Waals surface area (Å²) in [7, 11) is -3.57. The molecule has 1 aliphatic rings. The Hall–Kier alpha value is -1.20. The van der Waals surface area contributed by atoms with Crippen molar-refractivity contribution in [1.82, 2.24) is 4.31 Å². The van der Waals surface area contributed by atoms with E-state index in [1.54, 1.807) is 12.1 Å². The Balaban J connectivity index is 2.28. The first kappa shape index (κ1) is 16.2. The van der Waals surface area contributed by atoms with Gasteiger partial charge in [0.15, 0.2) is 0 Å². The predicted octanol–water partition coefficient (Wildman–Crippen LogP) is 2.94. The maximum Gasteiger partial charge on any atom is 0.243 e. The van der Waals surface area contributed by atoms with E-state index in [-0.39, 0.29) is 4.90 Å². The third kappa shape index (κ3) is 3.35. The number of rotatable bonds is 5. The molecular weight excluding hydrogens is 286 g/mol. The molecule has 2 atom stereocenters. The van der Waals surface area contributed by atoms with E-state index in [2.05, 4.69) is 13.8 Å². The minimum Gasteiger partial charge on any atom is -0.302 e. The summed E-state index contributed by atoms with van der Waals surface area (Å²) in [6.45, 7) is 4.66. The van der Waals surface area contributed by atoms with Gasteiger partial charge in [0.1, 0.15) is 6.29 Å². The largest absolute Gasteiger partial charge is 0.302 e. The van der Waals surface area contributed by atoms with Gasteiger partial charge in [-0.25, -0.2) is 8.42 Å². The zero-order chi connectivity index (χ0) is 15.5. The molecule has 5 heteroatoms. The van der Waals surface area contributed by atoms with Gasteiger partial charge in [-0.2, -0.15) is 4.31 Å². The Morgan fingerprint density at radius 1 is 1.29 bits per heavy atom. The molecule has 0 N–H and O–H groups in total. The van der Waals surface area contributed by atoms with Crippen LogP contribution < -0.4 is 0 Å². The summed E-state index contributed by atoms with van der Waals surface area (Å²) in [5.74, 6) is 0.416. The van der Waals surface area contributed by atoms with Crippen molar-refractivity contribution in [2.24, 2.45) is 0 Å². The first-order chi connectivity index (χ1) is 10.0. The van der Waals surface area contributed by atoms with Crippen LogP contribution in [0.15, 0.2) is 29.2 Å². The maximum atomic E-state index is 12.7. The second-order valence-corrected chi connectivity index (χ2v) is 7.58. The van der Waals surface area contributed by atoms with Gasteiger partial charge in [-0.15, -0.1) is 0 Å². The standard InChI is InChI=1S/C16H23NO3S/c1-3-13(2)14-7-9-16(10-8-14)21(19,20)17-11-5-4-6-15(17)12-18/h7-10,12-13,15H,3-6,11H2,1-2H3. The van der Waals surface area contributed by atoms with Crippen LogP contribution in [0.1, 0.15) is 51.0 Å². The van der Waals surface area contributed by atoms with Gasteiger partial charge < -0.3 is 4.79 Å². The molecule has 1 fully saturated rings. The normalized spacial score (nSPS) is 21.9. The Kier molecular flexibility index (Phi) is 5.17. The van der Waals surface area contributed by atoms with Crippen LogP contribution in [0.2, 0.25) is 0 Å². The van der Waals surface area contributed by atoms with E-state index in [0.29, 0.717) is 18.9 Å². The average molecular weight is 309 g/mol. The van der Waals surface area contributed by atoms with Crippen LogP contribution in [0.3, 0.4) is 0 Å². The first-order valence-electron chi connectivity index (χ1n) is 7.57. The van der Waals surface area contributed by atoms with Crippen LogP contribution in [0.25, 0.3) is 0 Å². The Morgan fingerprint density at radius 2 is 1.95 bits per heavy atom. The monoisotopic (exact) mass is 309 g/mol. The summed E-state index contributed by atoms with van der Waals surface area (Å²) in [5, 5.41) is 0. The molecule has 1 aromatic carbocycles. The van der Waals surface area contributed by atoms with Crippen molar-refractivity contribution in [3.8, 4) is 0 Å². The van der Waals surface area contributed by atoms with Gasteiger partial charge in [-0.05, 0) is 42.9 Å². The van der Waals surface area contributed by atoms with Gasteiger partial charge >= 0.3 is 0 Å². The van der Waals surface area contributed by atoms with Gasteiger partial charge in [0.2, 0.25) is 10.0 Å². The quantitative estimate of drug-likeness (QED) is 0.786. The van der Waals surface area contributed by atoms with E-state index >= 15 is 0 Å². The van der Waals surface area contributed by atoms with Crippen LogP contribution in [-0.4, -0.2) is 31.6 Å². The molecule has 4 nitrogen and oxygen atoms in total. The lowest BCUT2D eigenvalue weighted by molar-refractivity contribution is -0.111. The number of nitrogens with zero attached hydrogens (tertiary/aromatic N) is 1. The number of aldehydes is 1. The third-order valence-corrected chi connectivity index (χ3v) is 6.26. The van der Waals surface area contributed by atoms with Crippen molar-refractivity contribution in [1.29, 1.82) is 0 Å². The number of piperidine rings is 1. The van der Waals surface area contributed by atoms with E-state index in [1.807, 2.05) is 12.1 Å². The predicted molar refractivity (Wildman–Crippen MR) is 82.7 cm³/mol. The van der Waals surface area contributed by atoms with Crippen molar-refractivity contribution < 1.29 is 13.2 Å². The minimum atomic E-state index is -3.57. The Morgan fingerprint density at radius 3 is 2.52 bits per heavy atom. The molecule has 0 amide bonds. The zero-order valence-corrected chi connectivity index (χ0v) is 13.5. The number of benzene rings is 1. The molecule has 0 aromatic heterocycles. The van der Waals surface area contributed by atoms with E-state index in [9.17, 15) is 13.2 Å². The van der Waals surface area contributed by atoms with Crippen LogP contribution in [0.5, 0.6) is 0 Å². The Bertz CT molecular complexity index is 580. The maximum absolute atomic E-state index is 12.7.